The molecule has 3 aromatic rings. The fraction of sp³-hybridized carbons (Fsp3) is 0.227. The number of ether oxygens (including phenoxy) is 1. The molecule has 1 fully saturated rings. The Balaban J connectivity index is 1.43. The van der Waals surface area contributed by atoms with Crippen LogP contribution in [0.15, 0.2) is 59.1 Å². The number of carbonyl (C=O) groups is 1. The van der Waals surface area contributed by atoms with Crippen LogP contribution in [-0.4, -0.2) is 54.3 Å². The van der Waals surface area contributed by atoms with Crippen LogP contribution in [0.25, 0.3) is 11.3 Å². The van der Waals surface area contributed by atoms with Gasteiger partial charge in [0.15, 0.2) is 5.82 Å². The zero-order chi connectivity index (χ0) is 21.1. The fourth-order valence-corrected chi connectivity index (χ4v) is 4.02. The number of para-hydroxylation sites is 1. The molecule has 0 bridgehead atoms. The molecule has 1 aliphatic rings. The number of hydrogen-bond donors (Lipinski definition) is 0. The minimum atomic E-state index is -0.0569. The molecule has 154 valence electrons. The van der Waals surface area contributed by atoms with Gasteiger partial charge in [-0.2, -0.15) is 0 Å². The summed E-state index contributed by atoms with van der Waals surface area (Å²) in [5, 5.41) is 9.24. The van der Waals surface area contributed by atoms with Gasteiger partial charge in [-0.25, -0.2) is 0 Å². The number of benzene rings is 2. The number of carbonyl (C=O) groups excluding carboxylic acids is 1. The van der Waals surface area contributed by atoms with Gasteiger partial charge in [0, 0.05) is 36.2 Å². The number of hydrogen-bond acceptors (Lipinski definition) is 5. The van der Waals surface area contributed by atoms with Gasteiger partial charge in [0.25, 0.3) is 5.91 Å². The molecule has 0 aliphatic carbocycles. The highest BCUT2D eigenvalue weighted by molar-refractivity contribution is 9.10. The number of anilines is 1. The van der Waals surface area contributed by atoms with E-state index in [4.69, 9.17) is 16.3 Å². The van der Waals surface area contributed by atoms with Gasteiger partial charge in [0.2, 0.25) is 0 Å². The summed E-state index contributed by atoms with van der Waals surface area (Å²) >= 11 is 9.62. The van der Waals surface area contributed by atoms with E-state index < -0.39 is 0 Å². The maximum atomic E-state index is 12.8. The molecule has 6 nitrogen and oxygen atoms in total. The Morgan fingerprint density at radius 2 is 1.80 bits per heavy atom. The lowest BCUT2D eigenvalue weighted by Gasteiger charge is -2.35. The van der Waals surface area contributed by atoms with Crippen LogP contribution in [0.3, 0.4) is 0 Å². The quantitative estimate of drug-likeness (QED) is 0.541. The summed E-state index contributed by atoms with van der Waals surface area (Å²) in [5.41, 5.74) is 2.18. The van der Waals surface area contributed by atoms with Gasteiger partial charge in [-0.15, -0.1) is 10.2 Å². The van der Waals surface area contributed by atoms with Crippen molar-refractivity contribution >= 4 is 39.3 Å². The molecule has 1 amide bonds. The van der Waals surface area contributed by atoms with Crippen molar-refractivity contribution in [2.45, 2.75) is 0 Å². The van der Waals surface area contributed by atoms with E-state index in [-0.39, 0.29) is 5.91 Å². The van der Waals surface area contributed by atoms with Crippen LogP contribution < -0.4 is 9.64 Å². The van der Waals surface area contributed by atoms with Crippen molar-refractivity contribution < 1.29 is 9.53 Å². The second-order valence-corrected chi connectivity index (χ2v) is 8.20. The number of rotatable bonds is 4. The SMILES string of the molecule is COc1ccccc1-c1ccc(N2CCN(C(=O)c3cc(Br)ccc3Cl)CC2)nn1. The van der Waals surface area contributed by atoms with E-state index in [9.17, 15) is 4.79 Å². The maximum absolute atomic E-state index is 12.8. The highest BCUT2D eigenvalue weighted by Gasteiger charge is 2.24. The predicted molar refractivity (Wildman–Crippen MR) is 121 cm³/mol. The van der Waals surface area contributed by atoms with Gasteiger partial charge in [0.05, 0.1) is 23.4 Å². The Morgan fingerprint density at radius 1 is 1.03 bits per heavy atom. The Bertz CT molecular complexity index is 1050. The Labute approximate surface area is 188 Å². The van der Waals surface area contributed by atoms with E-state index >= 15 is 0 Å². The minimum absolute atomic E-state index is 0.0569. The Hall–Kier alpha value is -2.64. The van der Waals surface area contributed by atoms with Crippen LogP contribution in [0.2, 0.25) is 5.02 Å². The van der Waals surface area contributed by atoms with Crippen LogP contribution in [-0.2, 0) is 0 Å². The van der Waals surface area contributed by atoms with Crippen molar-refractivity contribution in [3.05, 3.63) is 69.7 Å². The average Bonchev–Trinajstić information content (AvgIpc) is 2.80. The summed E-state index contributed by atoms with van der Waals surface area (Å²) in [5.74, 6) is 1.50. The summed E-state index contributed by atoms with van der Waals surface area (Å²) in [7, 11) is 1.64. The van der Waals surface area contributed by atoms with Crippen molar-refractivity contribution in [1.29, 1.82) is 0 Å². The first kappa shape index (κ1) is 20.6. The highest BCUT2D eigenvalue weighted by Crippen LogP contribution is 2.28. The van der Waals surface area contributed by atoms with Gasteiger partial charge < -0.3 is 14.5 Å². The summed E-state index contributed by atoms with van der Waals surface area (Å²) in [6.07, 6.45) is 0. The molecule has 0 atom stereocenters. The molecule has 4 rings (SSSR count). The normalized spacial score (nSPS) is 14.0. The summed E-state index contributed by atoms with van der Waals surface area (Å²) in [4.78, 5) is 16.8. The predicted octanol–water partition coefficient (Wildman–Crippen LogP) is 4.53. The summed E-state index contributed by atoms with van der Waals surface area (Å²) < 4.78 is 6.24. The molecule has 1 aromatic heterocycles. The lowest BCUT2D eigenvalue weighted by Crippen LogP contribution is -2.49. The van der Waals surface area contributed by atoms with Gasteiger partial charge in [-0.05, 0) is 42.5 Å². The van der Waals surface area contributed by atoms with E-state index in [1.807, 2.05) is 47.4 Å². The van der Waals surface area contributed by atoms with E-state index in [1.165, 1.54) is 0 Å². The highest BCUT2D eigenvalue weighted by atomic mass is 79.9. The van der Waals surface area contributed by atoms with Crippen LogP contribution >= 0.6 is 27.5 Å². The van der Waals surface area contributed by atoms with Crippen molar-refractivity contribution in [2.75, 3.05) is 38.2 Å². The number of nitrogens with zero attached hydrogens (tertiary/aromatic N) is 4. The molecule has 1 aliphatic heterocycles. The first-order valence-corrected chi connectivity index (χ1v) is 10.7. The van der Waals surface area contributed by atoms with E-state index in [1.54, 1.807) is 19.2 Å². The number of aromatic nitrogens is 2. The molecule has 0 spiro atoms. The topological polar surface area (TPSA) is 58.6 Å². The van der Waals surface area contributed by atoms with Crippen LogP contribution in [0.5, 0.6) is 5.75 Å². The maximum Gasteiger partial charge on any atom is 0.255 e. The number of piperazine rings is 1. The van der Waals surface area contributed by atoms with Crippen LogP contribution in [0, 0.1) is 0 Å². The van der Waals surface area contributed by atoms with Crippen molar-refractivity contribution in [1.82, 2.24) is 15.1 Å². The van der Waals surface area contributed by atoms with Crippen LogP contribution in [0.1, 0.15) is 10.4 Å². The molecule has 0 radical (unpaired) electrons. The number of halogens is 2. The first-order chi connectivity index (χ1) is 14.6. The molecule has 0 unspecified atom stereocenters. The van der Waals surface area contributed by atoms with Gasteiger partial charge in [-0.3, -0.25) is 4.79 Å². The number of amides is 1. The zero-order valence-corrected chi connectivity index (χ0v) is 18.7. The average molecular weight is 488 g/mol. The standard InChI is InChI=1S/C22H20BrClN4O2/c1-30-20-5-3-2-4-16(20)19-8-9-21(26-25-19)27-10-12-28(13-11-27)22(29)17-14-15(23)6-7-18(17)24/h2-9,14H,10-13H2,1H3. The first-order valence-electron chi connectivity index (χ1n) is 9.53. The second kappa shape index (κ2) is 9.02. The largest absolute Gasteiger partial charge is 0.496 e. The second-order valence-electron chi connectivity index (χ2n) is 6.88. The minimum Gasteiger partial charge on any atom is -0.496 e. The fourth-order valence-electron chi connectivity index (χ4n) is 3.46. The van der Waals surface area contributed by atoms with Crippen molar-refractivity contribution in [2.24, 2.45) is 0 Å². The molecule has 0 saturated carbocycles. The molecule has 1 saturated heterocycles. The molecule has 2 aromatic carbocycles. The van der Waals surface area contributed by atoms with E-state index in [2.05, 4.69) is 31.0 Å². The van der Waals surface area contributed by atoms with Gasteiger partial charge in [-0.1, -0.05) is 39.7 Å². The van der Waals surface area contributed by atoms with Crippen molar-refractivity contribution in [3.63, 3.8) is 0 Å². The Kier molecular flexibility index (Phi) is 6.20. The lowest BCUT2D eigenvalue weighted by molar-refractivity contribution is 0.0746. The van der Waals surface area contributed by atoms with E-state index in [0.717, 1.165) is 27.3 Å². The molecule has 8 heteroatoms. The zero-order valence-electron chi connectivity index (χ0n) is 16.4. The molecular weight excluding hydrogens is 468 g/mol. The summed E-state index contributed by atoms with van der Waals surface area (Å²) in [6, 6.07) is 16.9. The van der Waals surface area contributed by atoms with Gasteiger partial charge >= 0.3 is 0 Å². The third kappa shape index (κ3) is 4.27. The van der Waals surface area contributed by atoms with Gasteiger partial charge in [0.1, 0.15) is 5.75 Å². The number of methoxy groups -OCH3 is 1. The molecular formula is C22H20BrClN4O2. The molecule has 30 heavy (non-hydrogen) atoms. The van der Waals surface area contributed by atoms with E-state index in [0.29, 0.717) is 36.8 Å². The van der Waals surface area contributed by atoms with Crippen molar-refractivity contribution in [3.8, 4) is 17.0 Å². The molecule has 0 N–H and O–H groups in total. The molecule has 2 heterocycles. The summed E-state index contributed by atoms with van der Waals surface area (Å²) in [6.45, 7) is 2.55. The lowest BCUT2D eigenvalue weighted by atomic mass is 10.1. The monoisotopic (exact) mass is 486 g/mol. The smallest absolute Gasteiger partial charge is 0.255 e. The third-order valence-electron chi connectivity index (χ3n) is 5.08. The Morgan fingerprint density at radius 3 is 2.50 bits per heavy atom. The van der Waals surface area contributed by atoms with Crippen LogP contribution in [0.4, 0.5) is 5.82 Å². The third-order valence-corrected chi connectivity index (χ3v) is 5.91.